The maximum Gasteiger partial charge on any atom is 0.261 e. The lowest BCUT2D eigenvalue weighted by Gasteiger charge is -2.25. The van der Waals surface area contributed by atoms with Crippen LogP contribution in [0.15, 0.2) is 46.9 Å². The number of amides is 2. The Morgan fingerprint density at radius 3 is 1.84 bits per heavy atom. The average Bonchev–Trinajstić information content (AvgIpc) is 3.29. The summed E-state index contributed by atoms with van der Waals surface area (Å²) in [6.07, 6.45) is 0.309. The molecule has 0 spiro atoms. The van der Waals surface area contributed by atoms with Crippen molar-refractivity contribution in [1.29, 1.82) is 0 Å². The second-order valence-corrected chi connectivity index (χ2v) is 10.4. The summed E-state index contributed by atoms with van der Waals surface area (Å²) in [5, 5.41) is 8.42. The van der Waals surface area contributed by atoms with Gasteiger partial charge in [0.15, 0.2) is 0 Å². The zero-order valence-electron chi connectivity index (χ0n) is 19.5. The van der Waals surface area contributed by atoms with Crippen molar-refractivity contribution in [3.05, 3.63) is 70.6 Å². The van der Waals surface area contributed by atoms with Gasteiger partial charge in [-0.3, -0.25) is 14.5 Å². The van der Waals surface area contributed by atoms with Gasteiger partial charge >= 0.3 is 0 Å². The number of benzene rings is 2. The van der Waals surface area contributed by atoms with E-state index in [0.717, 1.165) is 5.56 Å². The molecule has 0 aliphatic carbocycles. The number of nitrogens with zero attached hydrogens (tertiary/aromatic N) is 3. The summed E-state index contributed by atoms with van der Waals surface area (Å²) in [4.78, 5) is 26.4. The Kier molecular flexibility index (Phi) is 5.27. The summed E-state index contributed by atoms with van der Waals surface area (Å²) in [5.74, 6) is 0.282. The SMILES string of the molecule is CC(C)(C)c1cc(-c2nnc(CCN3C(=O)c4ccccc4C3=O)o2)cc(C(C)(C)C)c1. The number of aromatic nitrogens is 2. The van der Waals surface area contributed by atoms with Gasteiger partial charge in [0.2, 0.25) is 11.8 Å². The minimum atomic E-state index is -0.280. The van der Waals surface area contributed by atoms with Gasteiger partial charge < -0.3 is 4.42 Å². The quantitative estimate of drug-likeness (QED) is 0.533. The smallest absolute Gasteiger partial charge is 0.261 e. The monoisotopic (exact) mass is 431 g/mol. The van der Waals surface area contributed by atoms with Gasteiger partial charge in [-0.15, -0.1) is 10.2 Å². The second kappa shape index (κ2) is 7.69. The highest BCUT2D eigenvalue weighted by Crippen LogP contribution is 2.33. The number of rotatable bonds is 4. The lowest BCUT2D eigenvalue weighted by atomic mass is 9.79. The van der Waals surface area contributed by atoms with Crippen LogP contribution in [-0.2, 0) is 17.3 Å². The molecule has 2 heterocycles. The summed E-state index contributed by atoms with van der Waals surface area (Å²) >= 11 is 0. The van der Waals surface area contributed by atoms with Gasteiger partial charge in [0.25, 0.3) is 11.8 Å². The summed E-state index contributed by atoms with van der Waals surface area (Å²) in [5.41, 5.74) is 4.11. The Labute approximate surface area is 188 Å². The van der Waals surface area contributed by atoms with Crippen LogP contribution >= 0.6 is 0 Å². The van der Waals surface area contributed by atoms with Crippen molar-refractivity contribution in [2.75, 3.05) is 6.54 Å². The van der Waals surface area contributed by atoms with E-state index >= 15 is 0 Å². The Bertz CT molecular complexity index is 1130. The lowest BCUT2D eigenvalue weighted by Crippen LogP contribution is -2.31. The predicted octanol–water partition coefficient (Wildman–Crippen LogP) is 5.17. The molecule has 0 fully saturated rings. The number of imide groups is 1. The van der Waals surface area contributed by atoms with E-state index < -0.39 is 0 Å². The number of carbonyl (C=O) groups is 2. The van der Waals surface area contributed by atoms with Crippen LogP contribution in [0.25, 0.3) is 11.5 Å². The molecule has 1 aliphatic heterocycles. The van der Waals surface area contributed by atoms with Crippen LogP contribution in [0.4, 0.5) is 0 Å². The van der Waals surface area contributed by atoms with Gasteiger partial charge in [-0.25, -0.2) is 0 Å². The van der Waals surface area contributed by atoms with E-state index in [0.29, 0.717) is 29.3 Å². The first-order chi connectivity index (χ1) is 14.9. The van der Waals surface area contributed by atoms with Crippen LogP contribution in [0.2, 0.25) is 0 Å². The van der Waals surface area contributed by atoms with Crippen LogP contribution in [0.5, 0.6) is 0 Å². The molecule has 2 amide bonds. The van der Waals surface area contributed by atoms with Crippen LogP contribution < -0.4 is 0 Å². The lowest BCUT2D eigenvalue weighted by molar-refractivity contribution is 0.0654. The normalized spacial score (nSPS) is 14.2. The predicted molar refractivity (Wildman–Crippen MR) is 123 cm³/mol. The van der Waals surface area contributed by atoms with Crippen LogP contribution in [-0.4, -0.2) is 33.5 Å². The topological polar surface area (TPSA) is 76.3 Å². The minimum Gasteiger partial charge on any atom is -0.421 e. The maximum atomic E-state index is 12.6. The molecule has 0 atom stereocenters. The molecule has 6 nitrogen and oxygen atoms in total. The van der Waals surface area contributed by atoms with Gasteiger partial charge in [-0.05, 0) is 46.2 Å². The molecule has 6 heteroatoms. The number of fused-ring (bicyclic) bond motifs is 1. The van der Waals surface area contributed by atoms with Crippen molar-refractivity contribution in [2.45, 2.75) is 58.8 Å². The number of carbonyl (C=O) groups excluding carboxylic acids is 2. The van der Waals surface area contributed by atoms with Crippen molar-refractivity contribution in [3.8, 4) is 11.5 Å². The third-order valence-corrected chi connectivity index (χ3v) is 5.81. The second-order valence-electron chi connectivity index (χ2n) is 10.4. The molecule has 3 aromatic rings. The summed E-state index contributed by atoms with van der Waals surface area (Å²) < 4.78 is 5.94. The van der Waals surface area contributed by atoms with Crippen molar-refractivity contribution in [2.24, 2.45) is 0 Å². The zero-order chi connectivity index (χ0) is 23.3. The fraction of sp³-hybridized carbons (Fsp3) is 0.385. The highest BCUT2D eigenvalue weighted by molar-refractivity contribution is 6.21. The van der Waals surface area contributed by atoms with Gasteiger partial charge in [-0.1, -0.05) is 59.7 Å². The Morgan fingerprint density at radius 2 is 1.34 bits per heavy atom. The first kappa shape index (κ1) is 21.9. The molecule has 4 rings (SSSR count). The molecular weight excluding hydrogens is 402 g/mol. The molecule has 32 heavy (non-hydrogen) atoms. The molecule has 0 radical (unpaired) electrons. The third kappa shape index (κ3) is 4.09. The molecule has 2 aromatic carbocycles. The molecule has 0 N–H and O–H groups in total. The summed E-state index contributed by atoms with van der Waals surface area (Å²) in [7, 11) is 0. The van der Waals surface area contributed by atoms with Gasteiger partial charge in [0.1, 0.15) is 0 Å². The van der Waals surface area contributed by atoms with Crippen molar-refractivity contribution >= 4 is 11.8 Å². The molecule has 0 saturated heterocycles. The largest absolute Gasteiger partial charge is 0.421 e. The van der Waals surface area contributed by atoms with Gasteiger partial charge in [0.05, 0.1) is 11.1 Å². The molecule has 1 aromatic heterocycles. The minimum absolute atomic E-state index is 0.0235. The average molecular weight is 432 g/mol. The van der Waals surface area contributed by atoms with E-state index in [1.807, 2.05) is 0 Å². The van der Waals surface area contributed by atoms with Crippen molar-refractivity contribution in [1.82, 2.24) is 15.1 Å². The molecule has 1 aliphatic rings. The van der Waals surface area contributed by atoms with Crippen molar-refractivity contribution in [3.63, 3.8) is 0 Å². The Hall–Kier alpha value is -3.28. The molecule has 166 valence electrons. The number of hydrogen-bond donors (Lipinski definition) is 0. The maximum absolute atomic E-state index is 12.6. The fourth-order valence-corrected chi connectivity index (χ4v) is 3.74. The Morgan fingerprint density at radius 1 is 0.812 bits per heavy atom. The zero-order valence-corrected chi connectivity index (χ0v) is 19.5. The first-order valence-corrected chi connectivity index (χ1v) is 10.9. The van der Waals surface area contributed by atoms with E-state index in [2.05, 4.69) is 69.9 Å². The number of hydrogen-bond acceptors (Lipinski definition) is 5. The molecule has 0 saturated carbocycles. The molecule has 0 bridgehead atoms. The van der Waals surface area contributed by atoms with Crippen LogP contribution in [0.3, 0.4) is 0 Å². The molecular formula is C26H29N3O3. The summed E-state index contributed by atoms with van der Waals surface area (Å²) in [6.45, 7) is 13.3. The third-order valence-electron chi connectivity index (χ3n) is 5.81. The van der Waals surface area contributed by atoms with E-state index in [4.69, 9.17) is 4.42 Å². The molecule has 0 unspecified atom stereocenters. The highest BCUT2D eigenvalue weighted by Gasteiger charge is 2.35. The van der Waals surface area contributed by atoms with Crippen LogP contribution in [0.1, 0.15) is 79.3 Å². The highest BCUT2D eigenvalue weighted by atomic mass is 16.4. The van der Waals surface area contributed by atoms with Gasteiger partial charge in [0, 0.05) is 18.5 Å². The van der Waals surface area contributed by atoms with E-state index in [1.165, 1.54) is 16.0 Å². The fourth-order valence-electron chi connectivity index (χ4n) is 3.74. The van der Waals surface area contributed by atoms with Crippen LogP contribution in [0, 0.1) is 0 Å². The van der Waals surface area contributed by atoms with E-state index in [9.17, 15) is 9.59 Å². The Balaban J connectivity index is 1.56. The van der Waals surface area contributed by atoms with Crippen molar-refractivity contribution < 1.29 is 14.0 Å². The van der Waals surface area contributed by atoms with E-state index in [-0.39, 0.29) is 29.2 Å². The first-order valence-electron chi connectivity index (χ1n) is 10.9. The standard InChI is InChI=1S/C26H29N3O3/c1-25(2,3)17-13-16(14-18(15-17)26(4,5)6)22-28-27-21(32-22)11-12-29-23(30)19-9-7-8-10-20(19)24(29)31/h7-10,13-15H,11-12H2,1-6H3. The van der Waals surface area contributed by atoms with E-state index in [1.54, 1.807) is 24.3 Å². The summed E-state index contributed by atoms with van der Waals surface area (Å²) in [6, 6.07) is 13.3. The van der Waals surface area contributed by atoms with Gasteiger partial charge in [-0.2, -0.15) is 0 Å².